The summed E-state index contributed by atoms with van der Waals surface area (Å²) in [6, 6.07) is 7.38. The van der Waals surface area contributed by atoms with Gasteiger partial charge in [0.15, 0.2) is 17.4 Å². The first-order valence-electron chi connectivity index (χ1n) is 12.7. The molecule has 202 valence electrons. The topological polar surface area (TPSA) is 132 Å². The molecule has 0 radical (unpaired) electrons. The first kappa shape index (κ1) is 26.0. The molecule has 1 saturated heterocycles. The molecule has 1 aromatic carbocycles. The van der Waals surface area contributed by atoms with Crippen molar-refractivity contribution in [2.75, 3.05) is 37.9 Å². The van der Waals surface area contributed by atoms with Crippen LogP contribution in [0.4, 0.5) is 23.0 Å². The Bertz CT molecular complexity index is 1460. The molecule has 0 amide bonds. The summed E-state index contributed by atoms with van der Waals surface area (Å²) in [5, 5.41) is 10.9. The standard InChI is InChI=1S/C27H31N9O3/c1-5-22(37)19-12-28-23(33-24-13-30-25(14-29-24)39-17-9-10-35(2)15-17)11-21(19)32-20-8-6-7-18(26(20)38-4)27-31-16-36(3)34-27/h6-8,11-14,16-17H,5,9-10,15H2,1-4H3,(H2,28,29,32,33)/t17-/m0/s1. The first-order chi connectivity index (χ1) is 18.9. The highest BCUT2D eigenvalue weighted by atomic mass is 16.5. The van der Waals surface area contributed by atoms with Crippen LogP contribution in [0.1, 0.15) is 30.1 Å². The van der Waals surface area contributed by atoms with Gasteiger partial charge in [0, 0.05) is 38.8 Å². The number of likely N-dealkylation sites (N-methyl/N-ethyl adjacent to an activating group) is 1. The zero-order valence-corrected chi connectivity index (χ0v) is 22.4. The molecule has 1 atom stereocenters. The van der Waals surface area contributed by atoms with Crippen LogP contribution in [0.15, 0.2) is 49.2 Å². The Morgan fingerprint density at radius 3 is 2.56 bits per heavy atom. The summed E-state index contributed by atoms with van der Waals surface area (Å²) in [5.74, 6) is 2.52. The number of aryl methyl sites for hydroxylation is 1. The molecule has 4 heterocycles. The Labute approximate surface area is 226 Å². The highest BCUT2D eigenvalue weighted by molar-refractivity contribution is 6.02. The first-order valence-corrected chi connectivity index (χ1v) is 12.7. The predicted octanol–water partition coefficient (Wildman–Crippen LogP) is 3.84. The molecule has 2 N–H and O–H groups in total. The lowest BCUT2D eigenvalue weighted by Gasteiger charge is -2.17. The number of Topliss-reactive ketones (excluding diaryl/α,β-unsaturated/α-hetero) is 1. The lowest BCUT2D eigenvalue weighted by molar-refractivity contribution is 0.0988. The number of nitrogens with one attached hydrogen (secondary N) is 2. The van der Waals surface area contributed by atoms with Gasteiger partial charge in [-0.3, -0.25) is 9.48 Å². The van der Waals surface area contributed by atoms with Crippen molar-refractivity contribution < 1.29 is 14.3 Å². The van der Waals surface area contributed by atoms with Gasteiger partial charge >= 0.3 is 0 Å². The Kier molecular flexibility index (Phi) is 7.64. The number of anilines is 4. The van der Waals surface area contributed by atoms with Crippen LogP contribution in [0.2, 0.25) is 0 Å². The van der Waals surface area contributed by atoms with Crippen molar-refractivity contribution in [2.24, 2.45) is 7.05 Å². The zero-order chi connectivity index (χ0) is 27.4. The number of ketones is 1. The smallest absolute Gasteiger partial charge is 0.232 e. The maximum atomic E-state index is 12.7. The van der Waals surface area contributed by atoms with Gasteiger partial charge in [0.2, 0.25) is 5.88 Å². The number of likely N-dealkylation sites (tertiary alicyclic amines) is 1. The number of rotatable bonds is 10. The van der Waals surface area contributed by atoms with Gasteiger partial charge in [-0.25, -0.2) is 19.9 Å². The van der Waals surface area contributed by atoms with Gasteiger partial charge in [0.05, 0.1) is 42.0 Å². The molecular formula is C27H31N9O3. The van der Waals surface area contributed by atoms with Crippen molar-refractivity contribution in [1.82, 2.24) is 34.6 Å². The largest absolute Gasteiger partial charge is 0.494 e. The third kappa shape index (κ3) is 5.96. The summed E-state index contributed by atoms with van der Waals surface area (Å²) in [5.41, 5.74) is 2.41. The number of hydrogen-bond donors (Lipinski definition) is 2. The minimum absolute atomic E-state index is 0.0445. The third-order valence-corrected chi connectivity index (χ3v) is 6.37. The molecular weight excluding hydrogens is 498 g/mol. The number of nitrogens with zero attached hydrogens (tertiary/aromatic N) is 7. The molecule has 0 saturated carbocycles. The second kappa shape index (κ2) is 11.4. The van der Waals surface area contributed by atoms with E-state index in [1.54, 1.807) is 49.8 Å². The SMILES string of the molecule is CCC(=O)c1cnc(Nc2cnc(O[C@H]3CCN(C)C3)cn2)cc1Nc1cccc(-c2ncn(C)n2)c1OC. The summed E-state index contributed by atoms with van der Waals surface area (Å²) < 4.78 is 13.3. The predicted molar refractivity (Wildman–Crippen MR) is 147 cm³/mol. The van der Waals surface area contributed by atoms with Gasteiger partial charge in [-0.15, -0.1) is 0 Å². The number of ether oxygens (including phenoxy) is 2. The van der Waals surface area contributed by atoms with Gasteiger partial charge in [-0.1, -0.05) is 13.0 Å². The van der Waals surface area contributed by atoms with E-state index in [1.807, 2.05) is 25.1 Å². The van der Waals surface area contributed by atoms with Crippen molar-refractivity contribution in [3.8, 4) is 23.0 Å². The second-order valence-electron chi connectivity index (χ2n) is 9.30. The summed E-state index contributed by atoms with van der Waals surface area (Å²) >= 11 is 0. The molecule has 12 nitrogen and oxygen atoms in total. The molecule has 12 heteroatoms. The van der Waals surface area contributed by atoms with E-state index in [0.29, 0.717) is 52.4 Å². The van der Waals surface area contributed by atoms with Gasteiger partial charge in [-0.2, -0.15) is 5.10 Å². The Balaban J connectivity index is 1.39. The van der Waals surface area contributed by atoms with E-state index >= 15 is 0 Å². The number of para-hydroxylation sites is 1. The molecule has 39 heavy (non-hydrogen) atoms. The number of carbonyl (C=O) groups is 1. The van der Waals surface area contributed by atoms with Gasteiger partial charge in [0.25, 0.3) is 0 Å². The van der Waals surface area contributed by atoms with Crippen molar-refractivity contribution in [2.45, 2.75) is 25.9 Å². The quantitative estimate of drug-likeness (QED) is 0.290. The van der Waals surface area contributed by atoms with Crippen LogP contribution in [0.25, 0.3) is 11.4 Å². The molecule has 5 rings (SSSR count). The lowest BCUT2D eigenvalue weighted by atomic mass is 10.1. The van der Waals surface area contributed by atoms with Crippen LogP contribution in [0.3, 0.4) is 0 Å². The van der Waals surface area contributed by atoms with Crippen LogP contribution in [0.5, 0.6) is 11.6 Å². The van der Waals surface area contributed by atoms with Gasteiger partial charge in [0.1, 0.15) is 24.1 Å². The average Bonchev–Trinajstić information content (AvgIpc) is 3.56. The highest BCUT2D eigenvalue weighted by Gasteiger charge is 2.22. The van der Waals surface area contributed by atoms with E-state index in [4.69, 9.17) is 9.47 Å². The molecule has 0 unspecified atom stereocenters. The monoisotopic (exact) mass is 529 g/mol. The fourth-order valence-corrected chi connectivity index (χ4v) is 4.41. The number of methoxy groups -OCH3 is 1. The van der Waals surface area contributed by atoms with Crippen molar-refractivity contribution in [1.29, 1.82) is 0 Å². The molecule has 0 spiro atoms. The number of pyridine rings is 1. The zero-order valence-electron chi connectivity index (χ0n) is 22.4. The molecule has 1 aliphatic rings. The minimum atomic E-state index is -0.0445. The molecule has 0 bridgehead atoms. The van der Waals surface area contributed by atoms with Crippen LogP contribution in [-0.2, 0) is 7.05 Å². The summed E-state index contributed by atoms with van der Waals surface area (Å²) in [7, 11) is 5.46. The van der Waals surface area contributed by atoms with E-state index in [0.717, 1.165) is 25.1 Å². The van der Waals surface area contributed by atoms with Crippen LogP contribution in [0, 0.1) is 0 Å². The molecule has 1 aliphatic heterocycles. The highest BCUT2D eigenvalue weighted by Crippen LogP contribution is 2.37. The van der Waals surface area contributed by atoms with Gasteiger partial charge < -0.3 is 25.0 Å². The van der Waals surface area contributed by atoms with E-state index < -0.39 is 0 Å². The lowest BCUT2D eigenvalue weighted by Crippen LogP contribution is -2.21. The second-order valence-corrected chi connectivity index (χ2v) is 9.30. The van der Waals surface area contributed by atoms with Crippen LogP contribution >= 0.6 is 0 Å². The van der Waals surface area contributed by atoms with Crippen LogP contribution in [-0.4, -0.2) is 73.8 Å². The van der Waals surface area contributed by atoms with Crippen LogP contribution < -0.4 is 20.1 Å². The third-order valence-electron chi connectivity index (χ3n) is 6.37. The summed E-state index contributed by atoms with van der Waals surface area (Å²) in [6.07, 6.45) is 7.79. The van der Waals surface area contributed by atoms with Crippen molar-refractivity contribution >= 4 is 28.8 Å². The number of carbonyl (C=O) groups excluding carboxylic acids is 1. The molecule has 1 fully saturated rings. The van der Waals surface area contributed by atoms with E-state index in [9.17, 15) is 4.79 Å². The number of hydrogen-bond acceptors (Lipinski definition) is 11. The molecule has 0 aliphatic carbocycles. The minimum Gasteiger partial charge on any atom is -0.494 e. The van der Waals surface area contributed by atoms with Crippen molar-refractivity contribution in [3.63, 3.8) is 0 Å². The molecule has 4 aromatic rings. The van der Waals surface area contributed by atoms with E-state index in [2.05, 4.69) is 47.6 Å². The summed E-state index contributed by atoms with van der Waals surface area (Å²) in [4.78, 5) is 32.6. The number of benzene rings is 1. The van der Waals surface area contributed by atoms with Gasteiger partial charge in [-0.05, 0) is 25.6 Å². The normalized spacial score (nSPS) is 15.2. The van der Waals surface area contributed by atoms with E-state index in [1.165, 1.54) is 0 Å². The Morgan fingerprint density at radius 2 is 1.90 bits per heavy atom. The number of aromatic nitrogens is 6. The maximum Gasteiger partial charge on any atom is 0.232 e. The fraction of sp³-hybridized carbons (Fsp3) is 0.333. The van der Waals surface area contributed by atoms with E-state index in [-0.39, 0.29) is 11.9 Å². The fourth-order valence-electron chi connectivity index (χ4n) is 4.41. The summed E-state index contributed by atoms with van der Waals surface area (Å²) in [6.45, 7) is 3.69. The maximum absolute atomic E-state index is 12.7. The Morgan fingerprint density at radius 1 is 1.05 bits per heavy atom. The Hall–Kier alpha value is -4.58. The average molecular weight is 530 g/mol. The van der Waals surface area contributed by atoms with Crippen molar-refractivity contribution in [3.05, 3.63) is 54.7 Å². The molecule has 3 aromatic heterocycles.